The molecule has 7 heteroatoms. The second-order valence-electron chi connectivity index (χ2n) is 6.99. The first kappa shape index (κ1) is 19.8. The van der Waals surface area contributed by atoms with Crippen molar-refractivity contribution in [1.82, 2.24) is 9.80 Å². The zero-order chi connectivity index (χ0) is 21.1. The molecule has 1 fully saturated rings. The number of carbonyl (C=O) groups is 2. The van der Waals surface area contributed by atoms with E-state index in [1.807, 2.05) is 36.4 Å². The van der Waals surface area contributed by atoms with Crippen molar-refractivity contribution < 1.29 is 23.1 Å². The van der Waals surface area contributed by atoms with E-state index in [4.69, 9.17) is 0 Å². The van der Waals surface area contributed by atoms with E-state index in [2.05, 4.69) is 4.74 Å². The molecule has 1 heterocycles. The Hall–Kier alpha value is -3.48. The topological polar surface area (TPSA) is 49.9 Å². The van der Waals surface area contributed by atoms with Crippen LogP contribution >= 0.6 is 0 Å². The van der Waals surface area contributed by atoms with Gasteiger partial charge in [0, 0.05) is 31.7 Å². The lowest BCUT2D eigenvalue weighted by atomic mass is 10.0. The Morgan fingerprint density at radius 1 is 0.733 bits per heavy atom. The molecule has 1 aliphatic rings. The summed E-state index contributed by atoms with van der Waals surface area (Å²) in [4.78, 5) is 29.1. The van der Waals surface area contributed by atoms with Gasteiger partial charge in [0.15, 0.2) is 0 Å². The number of carbonyl (C=O) groups excluding carboxylic acids is 2. The first-order valence-corrected chi connectivity index (χ1v) is 9.65. The molecule has 1 saturated heterocycles. The van der Waals surface area contributed by atoms with Crippen LogP contribution in [0.4, 0.5) is 8.78 Å². The summed E-state index contributed by atoms with van der Waals surface area (Å²) in [5.74, 6) is -0.615. The normalized spacial score (nSPS) is 14.2. The van der Waals surface area contributed by atoms with E-state index in [0.717, 1.165) is 10.8 Å². The lowest BCUT2D eigenvalue weighted by Crippen LogP contribution is -2.50. The van der Waals surface area contributed by atoms with Gasteiger partial charge in [0.1, 0.15) is 5.75 Å². The maximum absolute atomic E-state index is 13.1. The van der Waals surface area contributed by atoms with Gasteiger partial charge < -0.3 is 14.5 Å². The number of para-hydroxylation sites is 1. The molecule has 0 bridgehead atoms. The van der Waals surface area contributed by atoms with Crippen LogP contribution in [-0.2, 0) is 0 Å². The van der Waals surface area contributed by atoms with E-state index < -0.39 is 6.61 Å². The van der Waals surface area contributed by atoms with Gasteiger partial charge in [0.25, 0.3) is 11.8 Å². The van der Waals surface area contributed by atoms with Crippen LogP contribution in [0.5, 0.6) is 5.75 Å². The fourth-order valence-electron chi connectivity index (χ4n) is 3.71. The van der Waals surface area contributed by atoms with Gasteiger partial charge in [0.05, 0.1) is 5.56 Å². The molecule has 0 unspecified atom stereocenters. The van der Waals surface area contributed by atoms with E-state index in [0.29, 0.717) is 31.7 Å². The minimum Gasteiger partial charge on any atom is -0.434 e. The van der Waals surface area contributed by atoms with Gasteiger partial charge in [0.2, 0.25) is 0 Å². The van der Waals surface area contributed by atoms with Crippen LogP contribution in [0, 0.1) is 0 Å². The summed E-state index contributed by atoms with van der Waals surface area (Å²) in [6.07, 6.45) is 0. The third kappa shape index (κ3) is 3.96. The molecule has 5 nitrogen and oxygen atoms in total. The number of fused-ring (bicyclic) bond motifs is 1. The van der Waals surface area contributed by atoms with E-state index in [9.17, 15) is 18.4 Å². The van der Waals surface area contributed by atoms with Gasteiger partial charge in [-0.25, -0.2) is 0 Å². The van der Waals surface area contributed by atoms with Crippen molar-refractivity contribution in [3.05, 3.63) is 77.9 Å². The van der Waals surface area contributed by atoms with Gasteiger partial charge in [-0.1, -0.05) is 48.5 Å². The zero-order valence-corrected chi connectivity index (χ0v) is 16.1. The second-order valence-corrected chi connectivity index (χ2v) is 6.99. The zero-order valence-electron chi connectivity index (χ0n) is 16.1. The maximum Gasteiger partial charge on any atom is 0.387 e. The summed E-state index contributed by atoms with van der Waals surface area (Å²) in [6, 6.07) is 19.3. The average Bonchev–Trinajstić information content (AvgIpc) is 2.78. The van der Waals surface area contributed by atoms with Gasteiger partial charge in [-0.15, -0.1) is 0 Å². The fraction of sp³-hybridized carbons (Fsp3) is 0.217. The number of hydrogen-bond donors (Lipinski definition) is 0. The molecule has 154 valence electrons. The third-order valence-corrected chi connectivity index (χ3v) is 5.21. The SMILES string of the molecule is O=C(c1ccccc1OC(F)F)N1CCN(C(=O)c2cccc3ccccc23)CC1. The summed E-state index contributed by atoms with van der Waals surface area (Å²) in [7, 11) is 0. The molecular weight excluding hydrogens is 390 g/mol. The number of amides is 2. The highest BCUT2D eigenvalue weighted by Gasteiger charge is 2.28. The number of ether oxygens (including phenoxy) is 1. The Kier molecular flexibility index (Phi) is 5.61. The molecule has 0 N–H and O–H groups in total. The van der Waals surface area contributed by atoms with Crippen molar-refractivity contribution in [2.75, 3.05) is 26.2 Å². The smallest absolute Gasteiger partial charge is 0.387 e. The summed E-state index contributed by atoms with van der Waals surface area (Å²) < 4.78 is 29.7. The number of hydrogen-bond acceptors (Lipinski definition) is 3. The third-order valence-electron chi connectivity index (χ3n) is 5.21. The molecule has 0 saturated carbocycles. The van der Waals surface area contributed by atoms with Crippen LogP contribution in [0.3, 0.4) is 0 Å². The van der Waals surface area contributed by atoms with Crippen LogP contribution in [-0.4, -0.2) is 54.4 Å². The Bertz CT molecular complexity index is 1070. The molecule has 1 aliphatic heterocycles. The lowest BCUT2D eigenvalue weighted by molar-refractivity contribution is -0.0503. The van der Waals surface area contributed by atoms with Gasteiger partial charge in [-0.3, -0.25) is 9.59 Å². The van der Waals surface area contributed by atoms with Crippen molar-refractivity contribution >= 4 is 22.6 Å². The second kappa shape index (κ2) is 8.49. The number of benzene rings is 3. The number of nitrogens with zero attached hydrogens (tertiary/aromatic N) is 2. The largest absolute Gasteiger partial charge is 0.434 e. The summed E-state index contributed by atoms with van der Waals surface area (Å²) in [6.45, 7) is -1.64. The number of piperazine rings is 1. The number of alkyl halides is 2. The molecule has 0 aromatic heterocycles. The highest BCUT2D eigenvalue weighted by molar-refractivity contribution is 6.07. The van der Waals surface area contributed by atoms with Gasteiger partial charge in [-0.05, 0) is 29.0 Å². The van der Waals surface area contributed by atoms with Crippen molar-refractivity contribution in [2.24, 2.45) is 0 Å². The highest BCUT2D eigenvalue weighted by atomic mass is 19.3. The van der Waals surface area contributed by atoms with E-state index >= 15 is 0 Å². The van der Waals surface area contributed by atoms with Crippen molar-refractivity contribution in [2.45, 2.75) is 6.61 Å². The molecular formula is C23H20F2N2O3. The molecule has 0 radical (unpaired) electrons. The van der Waals surface area contributed by atoms with Crippen LogP contribution in [0.1, 0.15) is 20.7 Å². The minimum atomic E-state index is -3.01. The molecule has 0 atom stereocenters. The van der Waals surface area contributed by atoms with Crippen molar-refractivity contribution in [1.29, 1.82) is 0 Å². The minimum absolute atomic E-state index is 0.0830. The van der Waals surface area contributed by atoms with Crippen LogP contribution in [0.25, 0.3) is 10.8 Å². The highest BCUT2D eigenvalue weighted by Crippen LogP contribution is 2.24. The Morgan fingerprint density at radius 3 is 1.97 bits per heavy atom. The summed E-state index contributed by atoms with van der Waals surface area (Å²) >= 11 is 0. The van der Waals surface area contributed by atoms with Crippen molar-refractivity contribution in [3.8, 4) is 5.75 Å². The lowest BCUT2D eigenvalue weighted by Gasteiger charge is -2.35. The van der Waals surface area contributed by atoms with Crippen LogP contribution in [0.2, 0.25) is 0 Å². The molecule has 2 amide bonds. The van der Waals surface area contributed by atoms with Gasteiger partial charge in [-0.2, -0.15) is 8.78 Å². The van der Waals surface area contributed by atoms with E-state index in [1.54, 1.807) is 21.9 Å². The van der Waals surface area contributed by atoms with E-state index in [-0.39, 0.29) is 23.1 Å². The monoisotopic (exact) mass is 410 g/mol. The molecule has 3 aromatic rings. The first-order valence-electron chi connectivity index (χ1n) is 9.65. The Balaban J connectivity index is 1.46. The van der Waals surface area contributed by atoms with Crippen molar-refractivity contribution in [3.63, 3.8) is 0 Å². The quantitative estimate of drug-likeness (QED) is 0.652. The van der Waals surface area contributed by atoms with E-state index in [1.165, 1.54) is 18.2 Å². The van der Waals surface area contributed by atoms with Crippen LogP contribution in [0.15, 0.2) is 66.7 Å². The average molecular weight is 410 g/mol. The molecule has 30 heavy (non-hydrogen) atoms. The molecule has 0 aliphatic carbocycles. The predicted molar refractivity (Wildman–Crippen MR) is 109 cm³/mol. The summed E-state index contributed by atoms with van der Waals surface area (Å²) in [5.41, 5.74) is 0.718. The maximum atomic E-state index is 13.1. The predicted octanol–water partition coefficient (Wildman–Crippen LogP) is 4.04. The Morgan fingerprint density at radius 2 is 1.27 bits per heavy atom. The molecule has 3 aromatic carbocycles. The standard InChI is InChI=1S/C23H20F2N2O3/c24-23(25)30-20-11-4-3-9-19(20)22(29)27-14-12-26(13-15-27)21(28)18-10-5-7-16-6-1-2-8-17(16)18/h1-11,23H,12-15H2. The summed E-state index contributed by atoms with van der Waals surface area (Å²) in [5, 5.41) is 1.88. The van der Waals surface area contributed by atoms with Crippen LogP contribution < -0.4 is 4.74 Å². The number of rotatable bonds is 4. The first-order chi connectivity index (χ1) is 14.5. The molecule has 0 spiro atoms. The fourth-order valence-corrected chi connectivity index (χ4v) is 3.71. The number of halogens is 2. The van der Waals surface area contributed by atoms with Gasteiger partial charge >= 0.3 is 6.61 Å². The molecule has 4 rings (SSSR count). The Labute approximate surface area is 172 Å².